The molecule has 0 aliphatic carbocycles. The second kappa shape index (κ2) is 11.1. The molecule has 1 aromatic carbocycles. The van der Waals surface area contributed by atoms with Crippen LogP contribution in [0.5, 0.6) is 0 Å². The van der Waals surface area contributed by atoms with E-state index >= 15 is 0 Å². The highest BCUT2D eigenvalue weighted by molar-refractivity contribution is 6.46. The molecule has 2 heterocycles. The van der Waals surface area contributed by atoms with Crippen LogP contribution in [0, 0.1) is 13.8 Å². The average Bonchev–Trinajstić information content (AvgIpc) is 3.28. The van der Waals surface area contributed by atoms with Gasteiger partial charge in [-0.05, 0) is 63.2 Å². The van der Waals surface area contributed by atoms with E-state index in [0.717, 1.165) is 19.6 Å². The number of benzene rings is 1. The van der Waals surface area contributed by atoms with Crippen molar-refractivity contribution in [2.45, 2.75) is 40.2 Å². The van der Waals surface area contributed by atoms with Gasteiger partial charge < -0.3 is 24.6 Å². The molecule has 2 N–H and O–H groups in total. The molecule has 0 unspecified atom stereocenters. The fourth-order valence-electron chi connectivity index (χ4n) is 4.65. The Morgan fingerprint density at radius 1 is 1.17 bits per heavy atom. The lowest BCUT2D eigenvalue weighted by Gasteiger charge is -2.27. The summed E-state index contributed by atoms with van der Waals surface area (Å²) in [5.41, 5.74) is 2.07. The highest BCUT2D eigenvalue weighted by Crippen LogP contribution is 2.41. The van der Waals surface area contributed by atoms with Crippen LogP contribution in [-0.4, -0.2) is 70.8 Å². The molecule has 1 saturated heterocycles. The number of aryl methyl sites for hydroxylation is 1. The number of nitrogens with zero attached hydrogens (tertiary/aromatic N) is 2. The second-order valence-corrected chi connectivity index (χ2v) is 8.98. The number of aromatic amines is 1. The van der Waals surface area contributed by atoms with E-state index < -0.39 is 23.7 Å². The van der Waals surface area contributed by atoms with Gasteiger partial charge in [-0.15, -0.1) is 0 Å². The predicted molar refractivity (Wildman–Crippen MR) is 134 cm³/mol. The zero-order valence-electron chi connectivity index (χ0n) is 20.8. The molecule has 0 spiro atoms. The van der Waals surface area contributed by atoms with Gasteiger partial charge in [-0.2, -0.15) is 0 Å². The van der Waals surface area contributed by atoms with E-state index in [4.69, 9.17) is 16.3 Å². The van der Waals surface area contributed by atoms with Gasteiger partial charge in [0, 0.05) is 22.8 Å². The third kappa shape index (κ3) is 5.13. The molecular weight excluding hydrogens is 470 g/mol. The number of likely N-dealkylation sites (tertiary alicyclic amines) is 1. The van der Waals surface area contributed by atoms with Crippen LogP contribution in [-0.2, 0) is 14.3 Å². The first-order chi connectivity index (χ1) is 16.7. The number of esters is 1. The van der Waals surface area contributed by atoms with Crippen molar-refractivity contribution in [1.82, 2.24) is 14.8 Å². The second-order valence-electron chi connectivity index (χ2n) is 8.54. The van der Waals surface area contributed by atoms with Crippen LogP contribution in [0.2, 0.25) is 5.02 Å². The Morgan fingerprint density at radius 2 is 1.80 bits per heavy atom. The van der Waals surface area contributed by atoms with E-state index in [0.29, 0.717) is 40.4 Å². The number of aromatic nitrogens is 1. The quantitative estimate of drug-likeness (QED) is 0.231. The lowest BCUT2D eigenvalue weighted by Crippen LogP contribution is -2.33. The molecule has 1 aliphatic heterocycles. The minimum Gasteiger partial charge on any atom is -0.507 e. The average molecular weight is 502 g/mol. The van der Waals surface area contributed by atoms with Crippen LogP contribution in [0.15, 0.2) is 29.8 Å². The molecule has 1 aromatic heterocycles. The van der Waals surface area contributed by atoms with Gasteiger partial charge in [0.05, 0.1) is 18.7 Å². The molecule has 1 amide bonds. The number of Topliss-reactive ketones (excluding diaryl/α,β-unsaturated/α-hetero) is 1. The van der Waals surface area contributed by atoms with Crippen molar-refractivity contribution < 1.29 is 24.2 Å². The van der Waals surface area contributed by atoms with Gasteiger partial charge in [0.2, 0.25) is 0 Å². The number of ether oxygens (including phenoxy) is 1. The maximum absolute atomic E-state index is 13.3. The Labute approximate surface area is 210 Å². The Hall–Kier alpha value is -3.10. The van der Waals surface area contributed by atoms with Gasteiger partial charge >= 0.3 is 5.97 Å². The minimum absolute atomic E-state index is 0.0122. The number of ketones is 1. The largest absolute Gasteiger partial charge is 0.507 e. The Morgan fingerprint density at radius 3 is 2.37 bits per heavy atom. The van der Waals surface area contributed by atoms with Gasteiger partial charge in [-0.1, -0.05) is 37.6 Å². The number of rotatable bonds is 9. The van der Waals surface area contributed by atoms with E-state index in [1.807, 2.05) is 0 Å². The summed E-state index contributed by atoms with van der Waals surface area (Å²) in [4.78, 5) is 45.3. The normalized spacial score (nSPS) is 17.5. The van der Waals surface area contributed by atoms with Crippen molar-refractivity contribution in [2.75, 3.05) is 33.3 Å². The molecule has 3 rings (SSSR count). The van der Waals surface area contributed by atoms with E-state index in [-0.39, 0.29) is 17.0 Å². The number of aliphatic hydroxyl groups is 1. The van der Waals surface area contributed by atoms with Gasteiger partial charge in [0.25, 0.3) is 11.7 Å². The molecule has 2 aromatic rings. The molecule has 188 valence electrons. The van der Waals surface area contributed by atoms with Crippen molar-refractivity contribution >= 4 is 35.0 Å². The van der Waals surface area contributed by atoms with Gasteiger partial charge in [-0.3, -0.25) is 9.59 Å². The zero-order chi connectivity index (χ0) is 25.9. The fraction of sp³-hybridized carbons (Fsp3) is 0.423. The first-order valence-corrected chi connectivity index (χ1v) is 12.1. The van der Waals surface area contributed by atoms with Crippen LogP contribution >= 0.6 is 11.6 Å². The molecule has 35 heavy (non-hydrogen) atoms. The Bertz CT molecular complexity index is 1150. The van der Waals surface area contributed by atoms with Crippen LogP contribution < -0.4 is 0 Å². The molecule has 1 atom stereocenters. The SMILES string of the molecule is CCN(CC)CCCN1C(=O)C(=O)/C(=C(/O)c2c(C)[nH]c(C(=O)OC)c2C)[C@H]1c1ccc(Cl)cc1. The smallest absolute Gasteiger partial charge is 0.354 e. The first kappa shape index (κ1) is 26.5. The van der Waals surface area contributed by atoms with Crippen LogP contribution in [0.3, 0.4) is 0 Å². The summed E-state index contributed by atoms with van der Waals surface area (Å²) in [7, 11) is 1.27. The Balaban J connectivity index is 2.11. The number of carbonyl (C=O) groups is 3. The van der Waals surface area contributed by atoms with E-state index in [1.54, 1.807) is 38.1 Å². The van der Waals surface area contributed by atoms with Gasteiger partial charge in [0.1, 0.15) is 11.5 Å². The highest BCUT2D eigenvalue weighted by atomic mass is 35.5. The molecule has 1 aliphatic rings. The zero-order valence-corrected chi connectivity index (χ0v) is 21.5. The standard InChI is InChI=1S/C26H32ClN3O5/c1-6-29(7-2)13-8-14-30-22(17-9-11-18(27)12-10-17)20(24(32)25(30)33)23(31)19-15(3)21(26(34)35-5)28-16(19)4/h9-12,22,28,31H,6-8,13-14H2,1-5H3/b23-20+/t22-/m1/s1. The molecule has 0 bridgehead atoms. The maximum Gasteiger partial charge on any atom is 0.354 e. The summed E-state index contributed by atoms with van der Waals surface area (Å²) in [5.74, 6) is -2.33. The van der Waals surface area contributed by atoms with E-state index in [1.165, 1.54) is 12.0 Å². The van der Waals surface area contributed by atoms with E-state index in [2.05, 4.69) is 23.7 Å². The maximum atomic E-state index is 13.3. The molecule has 0 saturated carbocycles. The van der Waals surface area contributed by atoms with Crippen LogP contribution in [0.4, 0.5) is 0 Å². The predicted octanol–water partition coefficient (Wildman–Crippen LogP) is 4.23. The summed E-state index contributed by atoms with van der Waals surface area (Å²) in [6.07, 6.45) is 0.674. The Kier molecular flexibility index (Phi) is 8.40. The summed E-state index contributed by atoms with van der Waals surface area (Å²) < 4.78 is 4.82. The number of H-pyrrole nitrogens is 1. The highest BCUT2D eigenvalue weighted by Gasteiger charge is 2.46. The summed E-state index contributed by atoms with van der Waals surface area (Å²) in [6, 6.07) is 6.10. The molecular formula is C26H32ClN3O5. The summed E-state index contributed by atoms with van der Waals surface area (Å²) in [6.45, 7) is 10.4. The van der Waals surface area contributed by atoms with Crippen molar-refractivity contribution in [3.05, 3.63) is 62.9 Å². The summed E-state index contributed by atoms with van der Waals surface area (Å²) >= 11 is 6.08. The number of amides is 1. The number of methoxy groups -OCH3 is 1. The topological polar surface area (TPSA) is 103 Å². The van der Waals surface area contributed by atoms with Crippen molar-refractivity contribution in [3.63, 3.8) is 0 Å². The van der Waals surface area contributed by atoms with Crippen molar-refractivity contribution in [1.29, 1.82) is 0 Å². The molecule has 1 fully saturated rings. The number of halogens is 1. The van der Waals surface area contributed by atoms with Crippen LogP contribution in [0.1, 0.15) is 59.2 Å². The van der Waals surface area contributed by atoms with E-state index in [9.17, 15) is 19.5 Å². The number of hydrogen-bond acceptors (Lipinski definition) is 6. The fourth-order valence-corrected chi connectivity index (χ4v) is 4.78. The molecule has 9 heteroatoms. The van der Waals surface area contributed by atoms with Gasteiger partial charge in [0.15, 0.2) is 0 Å². The molecule has 0 radical (unpaired) electrons. The lowest BCUT2D eigenvalue weighted by atomic mass is 9.94. The number of hydrogen-bond donors (Lipinski definition) is 2. The number of carbonyl (C=O) groups excluding carboxylic acids is 3. The number of nitrogens with one attached hydrogen (secondary N) is 1. The monoisotopic (exact) mass is 501 g/mol. The lowest BCUT2D eigenvalue weighted by molar-refractivity contribution is -0.140. The minimum atomic E-state index is -0.778. The molecule has 8 nitrogen and oxygen atoms in total. The number of aliphatic hydroxyl groups excluding tert-OH is 1. The van der Waals surface area contributed by atoms with Crippen molar-refractivity contribution in [2.24, 2.45) is 0 Å². The van der Waals surface area contributed by atoms with Gasteiger partial charge in [-0.25, -0.2) is 4.79 Å². The first-order valence-electron chi connectivity index (χ1n) is 11.7. The van der Waals surface area contributed by atoms with Crippen LogP contribution in [0.25, 0.3) is 5.76 Å². The third-order valence-corrected chi connectivity index (χ3v) is 6.81. The third-order valence-electron chi connectivity index (χ3n) is 6.56. The summed E-state index contributed by atoms with van der Waals surface area (Å²) in [5, 5.41) is 11.9. The van der Waals surface area contributed by atoms with Crippen molar-refractivity contribution in [3.8, 4) is 0 Å².